The number of carbonyl (C=O) groups excluding carboxylic acids is 2. The van der Waals surface area contributed by atoms with Crippen LogP contribution >= 0.6 is 0 Å². The van der Waals surface area contributed by atoms with Crippen molar-refractivity contribution in [1.82, 2.24) is 10.2 Å². The molecule has 0 bridgehead atoms. The number of benzene rings is 2. The lowest BCUT2D eigenvalue weighted by molar-refractivity contribution is -0.144. The van der Waals surface area contributed by atoms with Gasteiger partial charge in [0.05, 0.1) is 12.2 Å². The minimum Gasteiger partial charge on any atom is -0.445 e. The van der Waals surface area contributed by atoms with Crippen molar-refractivity contribution in [3.05, 3.63) is 65.7 Å². The Morgan fingerprint density at radius 1 is 1.15 bits per heavy atom. The van der Waals surface area contributed by atoms with E-state index in [1.165, 1.54) is 4.90 Å². The van der Waals surface area contributed by atoms with Crippen LogP contribution in [-0.4, -0.2) is 42.6 Å². The first-order valence-electron chi connectivity index (χ1n) is 8.85. The lowest BCUT2D eigenvalue weighted by Gasteiger charge is -2.31. The molecule has 142 valence electrons. The summed E-state index contributed by atoms with van der Waals surface area (Å²) in [6, 6.07) is 16.4. The molecule has 2 aromatic rings. The van der Waals surface area contributed by atoms with Crippen molar-refractivity contribution in [2.45, 2.75) is 19.6 Å². The Hall–Kier alpha value is -3.06. The van der Waals surface area contributed by atoms with E-state index in [1.807, 2.05) is 61.5 Å². The first kappa shape index (κ1) is 18.7. The van der Waals surface area contributed by atoms with E-state index in [9.17, 15) is 9.59 Å². The Morgan fingerprint density at radius 3 is 2.67 bits per heavy atom. The third-order valence-electron chi connectivity index (χ3n) is 4.33. The number of hydrogen-bond donors (Lipinski definition) is 2. The molecule has 27 heavy (non-hydrogen) atoms. The van der Waals surface area contributed by atoms with E-state index in [4.69, 9.17) is 9.57 Å². The Bertz CT molecular complexity index is 782. The molecular weight excluding hydrogens is 346 g/mol. The summed E-state index contributed by atoms with van der Waals surface area (Å²) in [5, 5.41) is 3.06. The molecule has 2 N–H and O–H groups in total. The third kappa shape index (κ3) is 5.21. The van der Waals surface area contributed by atoms with Crippen molar-refractivity contribution >= 4 is 17.7 Å². The van der Waals surface area contributed by atoms with E-state index in [2.05, 4.69) is 10.8 Å². The molecule has 1 saturated heterocycles. The Kier molecular flexibility index (Phi) is 6.27. The molecule has 7 heteroatoms. The molecule has 0 aromatic heterocycles. The van der Waals surface area contributed by atoms with Crippen molar-refractivity contribution in [1.29, 1.82) is 0 Å². The van der Waals surface area contributed by atoms with Crippen molar-refractivity contribution in [2.24, 2.45) is 0 Å². The third-order valence-corrected chi connectivity index (χ3v) is 4.33. The zero-order valence-electron chi connectivity index (χ0n) is 15.2. The van der Waals surface area contributed by atoms with Gasteiger partial charge in [-0.2, -0.15) is 0 Å². The van der Waals surface area contributed by atoms with Gasteiger partial charge in [-0.3, -0.25) is 0 Å². The summed E-state index contributed by atoms with van der Waals surface area (Å²) in [5.74, 6) is -0.473. The Balaban J connectivity index is 1.48. The topological polar surface area (TPSA) is 79.9 Å². The SMILES string of the molecule is Cc1ccccc1NOC(=O)C1CN(C(=O)OCc2ccccc2)CCN1. The van der Waals surface area contributed by atoms with E-state index in [1.54, 1.807) is 0 Å². The molecule has 1 fully saturated rings. The standard InChI is InChI=1S/C20H23N3O4/c1-15-7-5-6-10-17(15)22-27-19(24)18-13-23(12-11-21-18)20(25)26-14-16-8-3-2-4-9-16/h2-10,18,21-22H,11-14H2,1H3. The van der Waals surface area contributed by atoms with Crippen molar-refractivity contribution in [3.8, 4) is 0 Å². The number of piperazine rings is 1. The number of aryl methyl sites for hydroxylation is 1. The highest BCUT2D eigenvalue weighted by Crippen LogP contribution is 2.13. The summed E-state index contributed by atoms with van der Waals surface area (Å²) in [6.45, 7) is 3.28. The molecule has 0 saturated carbocycles. The lowest BCUT2D eigenvalue weighted by Crippen LogP contribution is -2.56. The predicted octanol–water partition coefficient (Wildman–Crippen LogP) is 2.48. The molecule has 0 radical (unpaired) electrons. The average molecular weight is 369 g/mol. The van der Waals surface area contributed by atoms with Crippen LogP contribution in [0.2, 0.25) is 0 Å². The molecule has 3 rings (SSSR count). The van der Waals surface area contributed by atoms with Crippen LogP contribution in [0.1, 0.15) is 11.1 Å². The highest BCUT2D eigenvalue weighted by molar-refractivity contribution is 5.78. The zero-order chi connectivity index (χ0) is 19.1. The van der Waals surface area contributed by atoms with Crippen LogP contribution in [0, 0.1) is 6.92 Å². The van der Waals surface area contributed by atoms with Crippen LogP contribution in [0.4, 0.5) is 10.5 Å². The second-order valence-electron chi connectivity index (χ2n) is 6.33. The fourth-order valence-corrected chi connectivity index (χ4v) is 2.75. The molecule has 1 aliphatic rings. The fourth-order valence-electron chi connectivity index (χ4n) is 2.75. The van der Waals surface area contributed by atoms with E-state index in [0.29, 0.717) is 13.1 Å². The number of anilines is 1. The quantitative estimate of drug-likeness (QED) is 0.789. The fraction of sp³-hybridized carbons (Fsp3) is 0.300. The lowest BCUT2D eigenvalue weighted by atomic mass is 10.2. The van der Waals surface area contributed by atoms with E-state index < -0.39 is 18.1 Å². The van der Waals surface area contributed by atoms with Gasteiger partial charge in [0.2, 0.25) is 0 Å². The molecule has 1 unspecified atom stereocenters. The molecule has 1 aliphatic heterocycles. The molecule has 7 nitrogen and oxygen atoms in total. The number of nitrogens with zero attached hydrogens (tertiary/aromatic N) is 1. The molecule has 0 spiro atoms. The smallest absolute Gasteiger partial charge is 0.410 e. The van der Waals surface area contributed by atoms with Gasteiger partial charge < -0.3 is 19.8 Å². The van der Waals surface area contributed by atoms with E-state index in [-0.39, 0.29) is 13.2 Å². The van der Waals surface area contributed by atoms with E-state index in [0.717, 1.165) is 16.8 Å². The van der Waals surface area contributed by atoms with Crippen LogP contribution in [0.3, 0.4) is 0 Å². The van der Waals surface area contributed by atoms with Crippen LogP contribution < -0.4 is 10.8 Å². The Morgan fingerprint density at radius 2 is 1.89 bits per heavy atom. The second-order valence-corrected chi connectivity index (χ2v) is 6.33. The number of para-hydroxylation sites is 1. The first-order valence-corrected chi connectivity index (χ1v) is 8.85. The summed E-state index contributed by atoms with van der Waals surface area (Å²) >= 11 is 0. The molecule has 1 heterocycles. The summed E-state index contributed by atoms with van der Waals surface area (Å²) in [5.41, 5.74) is 5.28. The minimum absolute atomic E-state index is 0.196. The maximum atomic E-state index is 12.3. The number of carbonyl (C=O) groups is 2. The van der Waals surface area contributed by atoms with Gasteiger partial charge in [-0.1, -0.05) is 48.5 Å². The summed E-state index contributed by atoms with van der Waals surface area (Å²) < 4.78 is 5.33. The van der Waals surface area contributed by atoms with Crippen molar-refractivity contribution in [3.63, 3.8) is 0 Å². The van der Waals surface area contributed by atoms with Gasteiger partial charge in [0.25, 0.3) is 0 Å². The van der Waals surface area contributed by atoms with Crippen LogP contribution in [0.15, 0.2) is 54.6 Å². The summed E-state index contributed by atoms with van der Waals surface area (Å²) in [6.07, 6.45) is -0.440. The average Bonchev–Trinajstić information content (AvgIpc) is 2.72. The summed E-state index contributed by atoms with van der Waals surface area (Å²) in [7, 11) is 0. The first-order chi connectivity index (χ1) is 13.1. The van der Waals surface area contributed by atoms with Crippen molar-refractivity contribution in [2.75, 3.05) is 25.1 Å². The van der Waals surface area contributed by atoms with E-state index >= 15 is 0 Å². The highest BCUT2D eigenvalue weighted by Gasteiger charge is 2.30. The van der Waals surface area contributed by atoms with Gasteiger partial charge in [0.1, 0.15) is 12.6 Å². The largest absolute Gasteiger partial charge is 0.445 e. The maximum absolute atomic E-state index is 12.3. The molecule has 0 aliphatic carbocycles. The monoisotopic (exact) mass is 369 g/mol. The van der Waals surface area contributed by atoms with Gasteiger partial charge in [-0.15, -0.1) is 0 Å². The van der Waals surface area contributed by atoms with Crippen LogP contribution in [0.25, 0.3) is 0 Å². The maximum Gasteiger partial charge on any atom is 0.410 e. The number of hydrogen-bond acceptors (Lipinski definition) is 6. The Labute approximate surface area is 158 Å². The number of ether oxygens (including phenoxy) is 1. The van der Waals surface area contributed by atoms with Crippen LogP contribution in [-0.2, 0) is 21.0 Å². The van der Waals surface area contributed by atoms with Gasteiger partial charge in [-0.05, 0) is 24.1 Å². The van der Waals surface area contributed by atoms with Gasteiger partial charge in [0, 0.05) is 13.1 Å². The van der Waals surface area contributed by atoms with Gasteiger partial charge >= 0.3 is 12.1 Å². The van der Waals surface area contributed by atoms with Gasteiger partial charge in [-0.25, -0.2) is 15.1 Å². The molecular formula is C20H23N3O4. The number of amides is 1. The number of nitrogens with one attached hydrogen (secondary N) is 2. The van der Waals surface area contributed by atoms with Crippen LogP contribution in [0.5, 0.6) is 0 Å². The molecule has 2 aromatic carbocycles. The number of rotatable bonds is 5. The zero-order valence-corrected chi connectivity index (χ0v) is 15.2. The highest BCUT2D eigenvalue weighted by atomic mass is 16.7. The molecule has 1 amide bonds. The molecule has 1 atom stereocenters. The van der Waals surface area contributed by atoms with Crippen molar-refractivity contribution < 1.29 is 19.2 Å². The van der Waals surface area contributed by atoms with Gasteiger partial charge in [0.15, 0.2) is 0 Å². The minimum atomic E-state index is -0.612. The predicted molar refractivity (Wildman–Crippen MR) is 101 cm³/mol. The second kappa shape index (κ2) is 9.05. The normalized spacial score (nSPS) is 16.5. The summed E-state index contributed by atoms with van der Waals surface area (Å²) in [4.78, 5) is 31.3.